The SMILES string of the molecule is CS(=O)(=O)O[I+](c1ccccc1)c1ccccc1. The Morgan fingerprint density at radius 3 is 1.56 bits per heavy atom. The molecule has 2 aromatic rings. The van der Waals surface area contributed by atoms with E-state index in [4.69, 9.17) is 2.51 Å². The van der Waals surface area contributed by atoms with Crippen molar-refractivity contribution in [2.45, 2.75) is 0 Å². The molecule has 0 N–H and O–H groups in total. The molecule has 0 unspecified atom stereocenters. The second-order valence-corrected chi connectivity index (χ2v) is 10.1. The van der Waals surface area contributed by atoms with Crippen LogP contribution in [0.2, 0.25) is 0 Å². The lowest BCUT2D eigenvalue weighted by Crippen LogP contribution is -3.85. The summed E-state index contributed by atoms with van der Waals surface area (Å²) >= 11 is -2.36. The van der Waals surface area contributed by atoms with Crippen molar-refractivity contribution >= 4 is 10.1 Å². The summed E-state index contributed by atoms with van der Waals surface area (Å²) in [5, 5.41) is 0. The molecule has 1 radical (unpaired) electrons. The van der Waals surface area contributed by atoms with Crippen LogP contribution >= 0.6 is 0 Å². The molecule has 18 heavy (non-hydrogen) atoms. The number of rotatable bonds is 4. The summed E-state index contributed by atoms with van der Waals surface area (Å²) in [4.78, 5) is 0. The monoisotopic (exact) mass is 376 g/mol. The van der Waals surface area contributed by atoms with E-state index in [0.29, 0.717) is 0 Å². The summed E-state index contributed by atoms with van der Waals surface area (Å²) in [6.45, 7) is 0. The third kappa shape index (κ3) is 3.79. The zero-order chi connectivity index (χ0) is 13.0. The van der Waals surface area contributed by atoms with E-state index >= 15 is 0 Å². The van der Waals surface area contributed by atoms with Crippen LogP contribution in [0.4, 0.5) is 0 Å². The fraction of sp³-hybridized carbons (Fsp3) is 0.0769. The van der Waals surface area contributed by atoms with Crippen molar-refractivity contribution in [3.05, 3.63) is 67.8 Å². The second-order valence-electron chi connectivity index (χ2n) is 3.61. The molecular weight excluding hydrogens is 363 g/mol. The van der Waals surface area contributed by atoms with Crippen molar-refractivity contribution in [3.63, 3.8) is 0 Å². The van der Waals surface area contributed by atoms with E-state index in [9.17, 15) is 8.42 Å². The number of benzene rings is 2. The average Bonchev–Trinajstić information content (AvgIpc) is 2.37. The van der Waals surface area contributed by atoms with E-state index in [1.807, 2.05) is 60.7 Å². The molecule has 0 aromatic heterocycles. The molecule has 5 heteroatoms. The van der Waals surface area contributed by atoms with Crippen LogP contribution < -0.4 is 20.2 Å². The van der Waals surface area contributed by atoms with Gasteiger partial charge in [0.25, 0.3) is 0 Å². The summed E-state index contributed by atoms with van der Waals surface area (Å²) in [7, 11) is -3.45. The van der Waals surface area contributed by atoms with Crippen molar-refractivity contribution in [2.75, 3.05) is 6.26 Å². The smallest absolute Gasteiger partial charge is 0.196 e. The van der Waals surface area contributed by atoms with Gasteiger partial charge in [0.2, 0.25) is 0 Å². The molecule has 0 spiro atoms. The third-order valence-electron chi connectivity index (χ3n) is 2.04. The minimum absolute atomic E-state index is 0.971. The van der Waals surface area contributed by atoms with Gasteiger partial charge in [0.15, 0.2) is 7.14 Å². The first kappa shape index (κ1) is 13.5. The van der Waals surface area contributed by atoms with Crippen LogP contribution in [0.3, 0.4) is 0 Å². The topological polar surface area (TPSA) is 43.4 Å². The van der Waals surface area contributed by atoms with Gasteiger partial charge in [-0.3, -0.25) is 0 Å². The highest BCUT2D eigenvalue weighted by Gasteiger charge is 2.34. The first-order valence-corrected chi connectivity index (χ1v) is 10.1. The predicted octanol–water partition coefficient (Wildman–Crippen LogP) is -0.758. The van der Waals surface area contributed by atoms with Crippen LogP contribution in [0.1, 0.15) is 0 Å². The molecule has 0 saturated heterocycles. The summed E-state index contributed by atoms with van der Waals surface area (Å²) in [5.41, 5.74) is 0. The van der Waals surface area contributed by atoms with Crippen LogP contribution in [0.25, 0.3) is 0 Å². The Hall–Kier alpha value is -0.920. The Kier molecular flexibility index (Phi) is 4.36. The van der Waals surface area contributed by atoms with Gasteiger partial charge in [-0.1, -0.05) is 36.4 Å². The Morgan fingerprint density at radius 1 is 0.833 bits per heavy atom. The molecule has 0 aliphatic heterocycles. The zero-order valence-corrected chi connectivity index (χ0v) is 12.8. The van der Waals surface area contributed by atoms with Gasteiger partial charge in [0, 0.05) is 0 Å². The highest BCUT2D eigenvalue weighted by Crippen LogP contribution is 1.88. The van der Waals surface area contributed by atoms with E-state index in [1.165, 1.54) is 0 Å². The molecule has 2 aromatic carbocycles. The second kappa shape index (κ2) is 5.81. The Labute approximate surface area is 115 Å². The van der Waals surface area contributed by atoms with E-state index in [0.717, 1.165) is 13.4 Å². The maximum atomic E-state index is 11.4. The molecular formula is C13H13IO3S+. The molecule has 0 heterocycles. The van der Waals surface area contributed by atoms with Gasteiger partial charge in [-0.05, 0) is 26.8 Å². The third-order valence-corrected chi connectivity index (χ3v) is 9.13. The van der Waals surface area contributed by atoms with E-state index in [1.54, 1.807) is 0 Å². The Morgan fingerprint density at radius 2 is 1.22 bits per heavy atom. The van der Waals surface area contributed by atoms with Gasteiger partial charge in [0.05, 0.1) is 6.26 Å². The van der Waals surface area contributed by atoms with Gasteiger partial charge in [-0.2, -0.15) is 8.42 Å². The average molecular weight is 376 g/mol. The Bertz CT molecular complexity index is 557. The Balaban J connectivity index is 2.42. The van der Waals surface area contributed by atoms with Crippen molar-refractivity contribution in [1.29, 1.82) is 0 Å². The van der Waals surface area contributed by atoms with Gasteiger partial charge < -0.3 is 0 Å². The maximum Gasteiger partial charge on any atom is 0.323 e. The number of hydrogen-bond donors (Lipinski definition) is 0. The summed E-state index contributed by atoms with van der Waals surface area (Å²) in [5.74, 6) is 0. The standard InChI is InChI=1S/C13H13IO3S/c1-18(15,16)17-14(12-8-4-2-5-9-12)13-10-6-3-7-11-13/h2-11H,1H3/q+1. The number of hydrogen-bond acceptors (Lipinski definition) is 3. The first-order chi connectivity index (χ1) is 8.56. The first-order valence-electron chi connectivity index (χ1n) is 5.26. The quantitative estimate of drug-likeness (QED) is 0.660. The van der Waals surface area contributed by atoms with Crippen LogP contribution in [0.15, 0.2) is 60.7 Å². The lowest BCUT2D eigenvalue weighted by molar-refractivity contribution is -1.03. The normalized spacial score (nSPS) is 11.7. The number of halogens is 1. The molecule has 3 nitrogen and oxygen atoms in total. The fourth-order valence-corrected chi connectivity index (χ4v) is 7.81. The molecule has 0 amide bonds. The molecule has 0 aliphatic carbocycles. The summed E-state index contributed by atoms with van der Waals surface area (Å²) < 4.78 is 30.1. The van der Waals surface area contributed by atoms with Gasteiger partial charge in [0.1, 0.15) is 0 Å². The molecule has 0 bridgehead atoms. The van der Waals surface area contributed by atoms with Crippen molar-refractivity contribution in [3.8, 4) is 0 Å². The highest BCUT2D eigenvalue weighted by molar-refractivity contribution is 7.85. The minimum Gasteiger partial charge on any atom is -0.196 e. The van der Waals surface area contributed by atoms with Crippen LogP contribution in [0.5, 0.6) is 0 Å². The van der Waals surface area contributed by atoms with Crippen LogP contribution in [0, 0.1) is 7.14 Å². The fourth-order valence-electron chi connectivity index (χ4n) is 1.37. The minimum atomic E-state index is -3.45. The van der Waals surface area contributed by atoms with Gasteiger partial charge in [-0.15, -0.1) is 0 Å². The zero-order valence-electron chi connectivity index (χ0n) is 9.78. The van der Waals surface area contributed by atoms with E-state index in [-0.39, 0.29) is 0 Å². The molecule has 0 atom stereocenters. The molecule has 95 valence electrons. The van der Waals surface area contributed by atoms with Crippen molar-refractivity contribution < 1.29 is 31.2 Å². The largest absolute Gasteiger partial charge is 0.323 e. The van der Waals surface area contributed by atoms with Crippen LogP contribution in [-0.2, 0) is 12.6 Å². The predicted molar refractivity (Wildman–Crippen MR) is 66.2 cm³/mol. The lowest BCUT2D eigenvalue weighted by Gasteiger charge is -2.02. The molecule has 0 fully saturated rings. The van der Waals surface area contributed by atoms with Crippen LogP contribution in [-0.4, -0.2) is 14.7 Å². The molecule has 0 saturated carbocycles. The van der Waals surface area contributed by atoms with Gasteiger partial charge in [-0.25, -0.2) is 0 Å². The molecule has 0 aliphatic rings. The lowest BCUT2D eigenvalue weighted by atomic mass is 10.4. The summed E-state index contributed by atoms with van der Waals surface area (Å²) in [6, 6.07) is 19.1. The maximum absolute atomic E-state index is 11.4. The van der Waals surface area contributed by atoms with Crippen molar-refractivity contribution in [1.82, 2.24) is 0 Å². The highest BCUT2D eigenvalue weighted by atomic mass is 127. The summed E-state index contributed by atoms with van der Waals surface area (Å²) in [6.07, 6.45) is 1.10. The molecule has 2 rings (SSSR count). The van der Waals surface area contributed by atoms with E-state index in [2.05, 4.69) is 0 Å². The van der Waals surface area contributed by atoms with Crippen molar-refractivity contribution in [2.24, 2.45) is 0 Å². The van der Waals surface area contributed by atoms with E-state index < -0.39 is 30.4 Å². The van der Waals surface area contributed by atoms with Gasteiger partial charge >= 0.3 is 30.4 Å².